The second-order valence-corrected chi connectivity index (χ2v) is 1.24. The van der Waals surface area contributed by atoms with Crippen molar-refractivity contribution in [2.75, 3.05) is 13.2 Å². The molecular formula is C6H13FO2. The average molecular weight is 136 g/mol. The second-order valence-electron chi connectivity index (χ2n) is 1.24. The zero-order chi connectivity index (χ0) is 7.54. The van der Waals surface area contributed by atoms with Crippen molar-refractivity contribution in [2.45, 2.75) is 12.8 Å². The van der Waals surface area contributed by atoms with Crippen molar-refractivity contribution >= 4 is 0 Å². The molecule has 0 heterocycles. The van der Waals surface area contributed by atoms with E-state index in [-0.39, 0.29) is 13.2 Å². The summed E-state index contributed by atoms with van der Waals surface area (Å²) in [5.74, 6) is 0. The molecule has 9 heavy (non-hydrogen) atoms. The SMILES string of the molecule is C=C.OCCCCOF. The van der Waals surface area contributed by atoms with Crippen LogP contribution in [0.2, 0.25) is 0 Å². The number of aliphatic hydroxyl groups excluding tert-OH is 1. The molecule has 0 aromatic rings. The van der Waals surface area contributed by atoms with E-state index in [9.17, 15) is 4.53 Å². The molecule has 0 amide bonds. The maximum atomic E-state index is 10.7. The first-order chi connectivity index (χ1) is 4.41. The highest BCUT2D eigenvalue weighted by molar-refractivity contribution is 4.31. The van der Waals surface area contributed by atoms with Crippen molar-refractivity contribution in [1.82, 2.24) is 0 Å². The molecular weight excluding hydrogens is 123 g/mol. The lowest BCUT2D eigenvalue weighted by Gasteiger charge is -1.88. The lowest BCUT2D eigenvalue weighted by Crippen LogP contribution is -1.87. The fraction of sp³-hybridized carbons (Fsp3) is 0.667. The predicted molar refractivity (Wildman–Crippen MR) is 34.6 cm³/mol. The first kappa shape index (κ1) is 11.4. The van der Waals surface area contributed by atoms with Crippen molar-refractivity contribution in [3.05, 3.63) is 13.2 Å². The van der Waals surface area contributed by atoms with Crippen molar-refractivity contribution in [3.63, 3.8) is 0 Å². The first-order valence-electron chi connectivity index (χ1n) is 2.76. The number of rotatable bonds is 4. The van der Waals surface area contributed by atoms with Gasteiger partial charge in [0.25, 0.3) is 0 Å². The van der Waals surface area contributed by atoms with Crippen LogP contribution in [0.3, 0.4) is 0 Å². The van der Waals surface area contributed by atoms with Gasteiger partial charge >= 0.3 is 0 Å². The van der Waals surface area contributed by atoms with Crippen LogP contribution in [-0.4, -0.2) is 18.3 Å². The van der Waals surface area contributed by atoms with Crippen molar-refractivity contribution in [3.8, 4) is 0 Å². The monoisotopic (exact) mass is 136 g/mol. The van der Waals surface area contributed by atoms with Crippen LogP contribution in [0.25, 0.3) is 0 Å². The van der Waals surface area contributed by atoms with Gasteiger partial charge in [-0.25, -0.2) is 0 Å². The molecule has 0 atom stereocenters. The van der Waals surface area contributed by atoms with Crippen molar-refractivity contribution in [2.24, 2.45) is 0 Å². The van der Waals surface area contributed by atoms with Gasteiger partial charge in [-0.1, -0.05) is 0 Å². The molecule has 56 valence electrons. The molecule has 0 saturated carbocycles. The van der Waals surface area contributed by atoms with Gasteiger partial charge in [-0.05, 0) is 17.4 Å². The highest BCUT2D eigenvalue weighted by Crippen LogP contribution is 1.86. The summed E-state index contributed by atoms with van der Waals surface area (Å²) in [5, 5.41) is 8.11. The van der Waals surface area contributed by atoms with E-state index in [2.05, 4.69) is 18.1 Å². The van der Waals surface area contributed by atoms with Crippen LogP contribution < -0.4 is 0 Å². The summed E-state index contributed by atoms with van der Waals surface area (Å²) in [5.41, 5.74) is 0. The quantitative estimate of drug-likeness (QED) is 0.468. The largest absolute Gasteiger partial charge is 0.396 e. The highest BCUT2D eigenvalue weighted by atomic mass is 19.3. The Bertz CT molecular complexity index is 38.0. The molecule has 0 unspecified atom stereocenters. The Morgan fingerprint density at radius 3 is 2.22 bits per heavy atom. The zero-order valence-electron chi connectivity index (χ0n) is 5.48. The van der Waals surface area contributed by atoms with E-state index in [1.165, 1.54) is 0 Å². The van der Waals surface area contributed by atoms with Crippen LogP contribution >= 0.6 is 0 Å². The maximum Gasteiger partial charge on any atom is 0.0877 e. The molecule has 0 bridgehead atoms. The Balaban J connectivity index is 0. The molecule has 0 aromatic heterocycles. The van der Waals surface area contributed by atoms with Gasteiger partial charge in [0, 0.05) is 6.61 Å². The molecule has 3 heteroatoms. The summed E-state index contributed by atoms with van der Waals surface area (Å²) in [6.07, 6.45) is 1.21. The Morgan fingerprint density at radius 1 is 1.33 bits per heavy atom. The van der Waals surface area contributed by atoms with Crippen molar-refractivity contribution in [1.29, 1.82) is 0 Å². The topological polar surface area (TPSA) is 29.5 Å². The van der Waals surface area contributed by atoms with Crippen LogP contribution in [0.5, 0.6) is 0 Å². The van der Waals surface area contributed by atoms with Gasteiger partial charge in [-0.3, -0.25) is 0 Å². The number of unbranched alkanes of at least 4 members (excludes halogenated alkanes) is 1. The molecule has 0 saturated heterocycles. The Morgan fingerprint density at radius 2 is 1.89 bits per heavy atom. The molecule has 0 fully saturated rings. The summed E-state index contributed by atoms with van der Waals surface area (Å²) in [6.45, 7) is 6.21. The van der Waals surface area contributed by atoms with Crippen LogP contribution in [0.15, 0.2) is 13.2 Å². The summed E-state index contributed by atoms with van der Waals surface area (Å²) in [7, 11) is 0. The zero-order valence-corrected chi connectivity index (χ0v) is 5.48. The lowest BCUT2D eigenvalue weighted by molar-refractivity contribution is -0.133. The summed E-state index contributed by atoms with van der Waals surface area (Å²) in [6, 6.07) is 0. The minimum atomic E-state index is 0.0978. The summed E-state index contributed by atoms with van der Waals surface area (Å²) in [4.78, 5) is 3.23. The molecule has 0 rings (SSSR count). The maximum absolute atomic E-state index is 10.7. The van der Waals surface area contributed by atoms with E-state index < -0.39 is 0 Å². The molecule has 0 aliphatic rings. The van der Waals surface area contributed by atoms with Crippen LogP contribution in [0, 0.1) is 0 Å². The first-order valence-corrected chi connectivity index (χ1v) is 2.76. The van der Waals surface area contributed by atoms with Crippen LogP contribution in [-0.2, 0) is 4.94 Å². The lowest BCUT2D eigenvalue weighted by atomic mass is 10.3. The third-order valence-electron chi connectivity index (χ3n) is 0.630. The smallest absolute Gasteiger partial charge is 0.0877 e. The van der Waals surface area contributed by atoms with Gasteiger partial charge in [0.15, 0.2) is 0 Å². The molecule has 0 aliphatic carbocycles. The molecule has 0 aliphatic heterocycles. The number of hydrogen-bond acceptors (Lipinski definition) is 2. The number of hydrogen-bond donors (Lipinski definition) is 1. The highest BCUT2D eigenvalue weighted by Gasteiger charge is 1.83. The number of halogens is 1. The third kappa shape index (κ3) is 18.4. The van der Waals surface area contributed by atoms with E-state index >= 15 is 0 Å². The van der Waals surface area contributed by atoms with Gasteiger partial charge in [0.05, 0.1) is 6.61 Å². The van der Waals surface area contributed by atoms with E-state index in [1.807, 2.05) is 0 Å². The van der Waals surface area contributed by atoms with E-state index in [4.69, 9.17) is 5.11 Å². The fourth-order valence-electron chi connectivity index (χ4n) is 0.268. The van der Waals surface area contributed by atoms with Gasteiger partial charge in [-0.15, -0.1) is 13.2 Å². The minimum Gasteiger partial charge on any atom is -0.396 e. The van der Waals surface area contributed by atoms with Gasteiger partial charge in [-0.2, -0.15) is 4.94 Å². The van der Waals surface area contributed by atoms with Crippen molar-refractivity contribution < 1.29 is 14.6 Å². The van der Waals surface area contributed by atoms with Gasteiger partial charge in [0.1, 0.15) is 0 Å². The summed E-state index contributed by atoms with van der Waals surface area (Å²) < 4.78 is 10.7. The third-order valence-corrected chi connectivity index (χ3v) is 0.630. The van der Waals surface area contributed by atoms with Gasteiger partial charge < -0.3 is 5.11 Å². The Labute approximate surface area is 54.9 Å². The molecule has 0 radical (unpaired) electrons. The molecule has 2 nitrogen and oxygen atoms in total. The van der Waals surface area contributed by atoms with Gasteiger partial charge in [0.2, 0.25) is 0 Å². The predicted octanol–water partition coefficient (Wildman–Crippen LogP) is 1.46. The van der Waals surface area contributed by atoms with Crippen LogP contribution in [0.1, 0.15) is 12.8 Å². The molecule has 1 N–H and O–H groups in total. The summed E-state index contributed by atoms with van der Waals surface area (Å²) >= 11 is 0. The standard InChI is InChI=1S/C4H9FO2.C2H4/c5-7-4-2-1-3-6;1-2/h6H,1-4H2;1-2H2. The molecule has 0 aromatic carbocycles. The Kier molecular flexibility index (Phi) is 19.8. The molecule has 0 spiro atoms. The van der Waals surface area contributed by atoms with Crippen LogP contribution in [0.4, 0.5) is 4.53 Å². The van der Waals surface area contributed by atoms with E-state index in [0.29, 0.717) is 12.8 Å². The minimum absolute atomic E-state index is 0.0978. The Hall–Kier alpha value is -0.410. The van der Waals surface area contributed by atoms with E-state index in [0.717, 1.165) is 0 Å². The normalized spacial score (nSPS) is 7.78. The average Bonchev–Trinajstić information content (AvgIpc) is 1.94. The fourth-order valence-corrected chi connectivity index (χ4v) is 0.268. The second kappa shape index (κ2) is 15.6. The van der Waals surface area contributed by atoms with E-state index in [1.54, 1.807) is 0 Å². The number of aliphatic hydroxyl groups is 1.